The largest absolute Gasteiger partial charge is 0.396 e. The van der Waals surface area contributed by atoms with Crippen molar-refractivity contribution in [2.75, 3.05) is 6.61 Å². The maximum Gasteiger partial charge on any atom is 0.312 e. The summed E-state index contributed by atoms with van der Waals surface area (Å²) in [5.74, 6) is -0.0456. The first kappa shape index (κ1) is 16.7. The van der Waals surface area contributed by atoms with Crippen LogP contribution >= 0.6 is 0 Å². The van der Waals surface area contributed by atoms with Crippen LogP contribution < -0.4 is 16.4 Å². The number of hydrogen-bond acceptors (Lipinski definition) is 3. The SMILES string of the molecule is CC(C)CC(NC(N)=O)C(=O)NC(C)C(C)CO. The molecule has 3 atom stereocenters. The zero-order valence-electron chi connectivity index (χ0n) is 11.6. The molecule has 0 rings (SSSR count). The number of nitrogens with two attached hydrogens (primary N) is 1. The monoisotopic (exact) mass is 259 g/mol. The Hall–Kier alpha value is -1.30. The molecule has 0 aromatic heterocycles. The Morgan fingerprint density at radius 1 is 1.17 bits per heavy atom. The predicted molar refractivity (Wildman–Crippen MR) is 69.8 cm³/mol. The van der Waals surface area contributed by atoms with Crippen molar-refractivity contribution in [1.29, 1.82) is 0 Å². The second kappa shape index (κ2) is 7.92. The van der Waals surface area contributed by atoms with Gasteiger partial charge in [0.05, 0.1) is 0 Å². The number of aliphatic hydroxyl groups excluding tert-OH is 1. The molecule has 6 heteroatoms. The van der Waals surface area contributed by atoms with Gasteiger partial charge in [-0.05, 0) is 25.2 Å². The Morgan fingerprint density at radius 3 is 2.11 bits per heavy atom. The molecule has 0 aromatic rings. The van der Waals surface area contributed by atoms with Gasteiger partial charge in [0.15, 0.2) is 0 Å². The first-order valence-electron chi connectivity index (χ1n) is 6.25. The van der Waals surface area contributed by atoms with Gasteiger partial charge in [-0.25, -0.2) is 4.79 Å². The fraction of sp³-hybridized carbons (Fsp3) is 0.833. The van der Waals surface area contributed by atoms with Crippen LogP contribution in [0.3, 0.4) is 0 Å². The van der Waals surface area contributed by atoms with Crippen LogP contribution in [-0.2, 0) is 4.79 Å². The molecule has 0 heterocycles. The summed E-state index contributed by atoms with van der Waals surface area (Å²) in [6, 6.07) is -1.50. The first-order valence-corrected chi connectivity index (χ1v) is 6.25. The van der Waals surface area contributed by atoms with E-state index in [2.05, 4.69) is 10.6 Å². The van der Waals surface area contributed by atoms with Crippen LogP contribution in [0.2, 0.25) is 0 Å². The smallest absolute Gasteiger partial charge is 0.312 e. The molecule has 0 aliphatic carbocycles. The second-order valence-electron chi connectivity index (χ2n) is 5.15. The van der Waals surface area contributed by atoms with E-state index >= 15 is 0 Å². The van der Waals surface area contributed by atoms with Gasteiger partial charge in [0.1, 0.15) is 6.04 Å². The highest BCUT2D eigenvalue weighted by atomic mass is 16.3. The molecule has 3 amide bonds. The minimum atomic E-state index is -0.710. The topological polar surface area (TPSA) is 104 Å². The summed E-state index contributed by atoms with van der Waals surface area (Å²) in [6.07, 6.45) is 0.523. The minimum absolute atomic E-state index is 0.000454. The summed E-state index contributed by atoms with van der Waals surface area (Å²) in [5.41, 5.74) is 5.05. The van der Waals surface area contributed by atoms with Crippen molar-refractivity contribution in [3.8, 4) is 0 Å². The summed E-state index contributed by atoms with van der Waals surface area (Å²) in [7, 11) is 0. The van der Waals surface area contributed by atoms with Crippen LogP contribution in [0.15, 0.2) is 0 Å². The molecule has 0 aliphatic heterocycles. The van der Waals surface area contributed by atoms with Crippen molar-refractivity contribution in [2.24, 2.45) is 17.6 Å². The third kappa shape index (κ3) is 6.44. The standard InChI is InChI=1S/C12H25N3O3/c1-7(2)5-10(15-12(13)18)11(17)14-9(4)8(3)6-16/h7-10,16H,5-6H2,1-4H3,(H,14,17)(H3,13,15,18). The number of carbonyl (C=O) groups is 2. The highest BCUT2D eigenvalue weighted by Gasteiger charge is 2.23. The molecule has 6 nitrogen and oxygen atoms in total. The number of carbonyl (C=O) groups excluding carboxylic acids is 2. The number of amides is 3. The van der Waals surface area contributed by atoms with Crippen LogP contribution in [-0.4, -0.2) is 35.7 Å². The average molecular weight is 259 g/mol. The lowest BCUT2D eigenvalue weighted by atomic mass is 10.0. The number of rotatable bonds is 7. The van der Waals surface area contributed by atoms with Gasteiger partial charge in [-0.15, -0.1) is 0 Å². The summed E-state index contributed by atoms with van der Waals surface area (Å²) in [6.45, 7) is 7.57. The maximum atomic E-state index is 12.0. The van der Waals surface area contributed by atoms with Gasteiger partial charge >= 0.3 is 6.03 Å². The number of primary amides is 1. The minimum Gasteiger partial charge on any atom is -0.396 e. The van der Waals surface area contributed by atoms with Gasteiger partial charge in [0.2, 0.25) is 5.91 Å². The van der Waals surface area contributed by atoms with Crippen LogP contribution in [0, 0.1) is 11.8 Å². The number of hydrogen-bond donors (Lipinski definition) is 4. The van der Waals surface area contributed by atoms with E-state index in [4.69, 9.17) is 10.8 Å². The van der Waals surface area contributed by atoms with Gasteiger partial charge in [-0.1, -0.05) is 20.8 Å². The van der Waals surface area contributed by atoms with Gasteiger partial charge in [-0.3, -0.25) is 4.79 Å². The third-order valence-corrected chi connectivity index (χ3v) is 2.85. The molecule has 0 saturated heterocycles. The Bertz CT molecular complexity index is 282. The molecular weight excluding hydrogens is 234 g/mol. The number of aliphatic hydroxyl groups is 1. The van der Waals surface area contributed by atoms with Crippen molar-refractivity contribution >= 4 is 11.9 Å². The maximum absolute atomic E-state index is 12.0. The van der Waals surface area contributed by atoms with Crippen LogP contribution in [0.4, 0.5) is 4.79 Å². The van der Waals surface area contributed by atoms with E-state index in [0.717, 1.165) is 0 Å². The van der Waals surface area contributed by atoms with Gasteiger partial charge < -0.3 is 21.5 Å². The quantitative estimate of drug-likeness (QED) is 0.525. The Kier molecular flexibility index (Phi) is 7.35. The van der Waals surface area contributed by atoms with E-state index in [-0.39, 0.29) is 30.4 Å². The summed E-state index contributed by atoms with van der Waals surface area (Å²) in [5, 5.41) is 14.2. The number of urea groups is 1. The van der Waals surface area contributed by atoms with E-state index in [1.807, 2.05) is 27.7 Å². The molecule has 18 heavy (non-hydrogen) atoms. The molecule has 3 unspecified atom stereocenters. The molecular formula is C12H25N3O3. The first-order chi connectivity index (χ1) is 8.27. The van der Waals surface area contributed by atoms with Crippen molar-refractivity contribution in [1.82, 2.24) is 10.6 Å². The third-order valence-electron chi connectivity index (χ3n) is 2.85. The predicted octanol–water partition coefficient (Wildman–Crippen LogP) is 0.203. The molecule has 0 radical (unpaired) electrons. The fourth-order valence-electron chi connectivity index (χ4n) is 1.50. The molecule has 5 N–H and O–H groups in total. The highest BCUT2D eigenvalue weighted by Crippen LogP contribution is 2.07. The van der Waals surface area contributed by atoms with Crippen molar-refractivity contribution in [3.05, 3.63) is 0 Å². The van der Waals surface area contributed by atoms with Gasteiger partial charge in [0.25, 0.3) is 0 Å². The van der Waals surface area contributed by atoms with E-state index in [9.17, 15) is 9.59 Å². The summed E-state index contributed by atoms with van der Waals surface area (Å²) in [4.78, 5) is 22.8. The Labute approximate surface area is 108 Å². The van der Waals surface area contributed by atoms with Crippen LogP contribution in [0.5, 0.6) is 0 Å². The Morgan fingerprint density at radius 2 is 1.72 bits per heavy atom. The molecule has 0 aromatic carbocycles. The summed E-state index contributed by atoms with van der Waals surface area (Å²) >= 11 is 0. The van der Waals surface area contributed by atoms with E-state index < -0.39 is 12.1 Å². The molecule has 0 fully saturated rings. The molecule has 0 spiro atoms. The molecule has 106 valence electrons. The summed E-state index contributed by atoms with van der Waals surface area (Å²) < 4.78 is 0. The lowest BCUT2D eigenvalue weighted by Crippen LogP contribution is -2.52. The zero-order valence-corrected chi connectivity index (χ0v) is 11.6. The lowest BCUT2D eigenvalue weighted by molar-refractivity contribution is -0.124. The van der Waals surface area contributed by atoms with Crippen LogP contribution in [0.25, 0.3) is 0 Å². The highest BCUT2D eigenvalue weighted by molar-refractivity contribution is 5.86. The zero-order chi connectivity index (χ0) is 14.3. The number of nitrogens with one attached hydrogen (secondary N) is 2. The van der Waals surface area contributed by atoms with Gasteiger partial charge in [-0.2, -0.15) is 0 Å². The van der Waals surface area contributed by atoms with Crippen LogP contribution in [0.1, 0.15) is 34.1 Å². The fourth-order valence-corrected chi connectivity index (χ4v) is 1.50. The van der Waals surface area contributed by atoms with Crippen molar-refractivity contribution in [3.63, 3.8) is 0 Å². The lowest BCUT2D eigenvalue weighted by Gasteiger charge is -2.24. The van der Waals surface area contributed by atoms with E-state index in [1.165, 1.54) is 0 Å². The van der Waals surface area contributed by atoms with Crippen molar-refractivity contribution < 1.29 is 14.7 Å². The molecule has 0 saturated carbocycles. The second-order valence-corrected chi connectivity index (χ2v) is 5.15. The van der Waals surface area contributed by atoms with E-state index in [0.29, 0.717) is 6.42 Å². The molecule has 0 bridgehead atoms. The Balaban J connectivity index is 4.50. The molecule has 0 aliphatic rings. The van der Waals surface area contributed by atoms with E-state index in [1.54, 1.807) is 0 Å². The normalized spacial score (nSPS) is 15.9. The van der Waals surface area contributed by atoms with Crippen molar-refractivity contribution in [2.45, 2.75) is 46.2 Å². The average Bonchev–Trinajstić information content (AvgIpc) is 2.25. The van der Waals surface area contributed by atoms with Gasteiger partial charge in [0, 0.05) is 12.6 Å².